The lowest BCUT2D eigenvalue weighted by molar-refractivity contribution is -0.698. The summed E-state index contributed by atoms with van der Waals surface area (Å²) in [5, 5.41) is 0. The molecule has 5 aliphatic heterocycles. The van der Waals surface area contributed by atoms with Crippen molar-refractivity contribution >= 4 is 94.1 Å². The smallest absolute Gasteiger partial charge is 0.171 e. The summed E-state index contributed by atoms with van der Waals surface area (Å²) in [6.45, 7) is 4.69. The van der Waals surface area contributed by atoms with Gasteiger partial charge in [0.25, 0.3) is 0 Å². The summed E-state index contributed by atoms with van der Waals surface area (Å²) in [6.07, 6.45) is 12.9. The SMILES string of the molecule is CSC1=C2SCCOCC[n+]3ccc(cc3)-c3cc[n+](cc3)CCOCCSC3=C(SC)S/C(=C(/S1)S2)S3.[I-].[I-]. The Balaban J connectivity index is 0.00000220. The average molecular weight is 913 g/mol. The number of aromatic nitrogens is 2. The molecular formula is C26H30I2N2O2S8. The zero-order valence-corrected chi connectivity index (χ0v) is 32.9. The Kier molecular flexibility index (Phi) is 17.4. The monoisotopic (exact) mass is 912 g/mol. The minimum atomic E-state index is 0. The molecule has 0 unspecified atom stereocenters. The van der Waals surface area contributed by atoms with Gasteiger partial charge in [-0.3, -0.25) is 0 Å². The van der Waals surface area contributed by atoms with Gasteiger partial charge in [-0.2, -0.15) is 0 Å². The fourth-order valence-corrected chi connectivity index (χ4v) is 14.7. The number of ether oxygens (including phenoxy) is 2. The Bertz CT molecular complexity index is 1120. The van der Waals surface area contributed by atoms with Gasteiger partial charge in [0.15, 0.2) is 37.9 Å². The maximum Gasteiger partial charge on any atom is 0.171 e. The van der Waals surface area contributed by atoms with E-state index in [1.54, 1.807) is 0 Å². The first-order chi connectivity index (χ1) is 18.7. The summed E-state index contributed by atoms with van der Waals surface area (Å²) < 4.78 is 24.9. The van der Waals surface area contributed by atoms with Crippen LogP contribution in [0.1, 0.15) is 0 Å². The molecule has 0 radical (unpaired) electrons. The maximum absolute atomic E-state index is 5.99. The van der Waals surface area contributed by atoms with E-state index in [4.69, 9.17) is 9.47 Å². The number of nitrogens with zero attached hydrogens (tertiary/aromatic N) is 2. The zero-order valence-electron chi connectivity index (χ0n) is 22.0. The van der Waals surface area contributed by atoms with E-state index in [1.807, 2.05) is 94.1 Å². The highest BCUT2D eigenvalue weighted by Crippen LogP contribution is 2.65. The lowest BCUT2D eigenvalue weighted by atomic mass is 10.1. The third kappa shape index (κ3) is 10.4. The molecule has 0 N–H and O–H groups in total. The average Bonchev–Trinajstić information content (AvgIpc) is 3.56. The maximum atomic E-state index is 5.99. The number of rotatable bonds is 2. The van der Waals surface area contributed by atoms with Crippen molar-refractivity contribution in [1.82, 2.24) is 0 Å². The second-order valence-electron chi connectivity index (χ2n) is 8.11. The predicted molar refractivity (Wildman–Crippen MR) is 177 cm³/mol. The first-order valence-corrected chi connectivity index (χ1v) is 19.8. The molecule has 0 saturated heterocycles. The largest absolute Gasteiger partial charge is 1.00 e. The van der Waals surface area contributed by atoms with Gasteiger partial charge < -0.3 is 57.4 Å². The summed E-state index contributed by atoms with van der Waals surface area (Å²) in [6, 6.07) is 8.72. The molecule has 0 aliphatic carbocycles. The van der Waals surface area contributed by atoms with Crippen LogP contribution in [0.2, 0.25) is 0 Å². The zero-order chi connectivity index (χ0) is 26.2. The van der Waals surface area contributed by atoms with Crippen molar-refractivity contribution in [3.63, 3.8) is 0 Å². The standard InChI is InChI=1S/C26H30N2O2S8.2HI/c1-31-21-23-33-17-15-29-13-11-27-7-3-19(4-8-27)20-5-9-28(10-6-20)12-14-30-16-18-34-24-22(32-2)36-26(38-24)25(35-21)37-23;;/h3-10H,11-18H2,1-2H3;2*1H/q+2;;/p-2/b26-25+;;. The molecule has 40 heavy (non-hydrogen) atoms. The molecule has 0 aromatic carbocycles. The Morgan fingerprint density at radius 1 is 0.575 bits per heavy atom. The number of halogens is 2. The van der Waals surface area contributed by atoms with Crippen molar-refractivity contribution < 1.29 is 66.6 Å². The molecule has 5 aliphatic rings. The minimum absolute atomic E-state index is 0. The van der Waals surface area contributed by atoms with Crippen LogP contribution >= 0.6 is 94.1 Å². The number of thioether (sulfide) groups is 8. The first-order valence-electron chi connectivity index (χ1n) is 12.2. The molecule has 0 fully saturated rings. The third-order valence-corrected chi connectivity index (χ3v) is 16.8. The molecule has 2 aromatic rings. The van der Waals surface area contributed by atoms with E-state index in [1.165, 1.54) is 36.5 Å². The molecule has 0 atom stereocenters. The van der Waals surface area contributed by atoms with Gasteiger partial charge in [0.2, 0.25) is 0 Å². The summed E-state index contributed by atoms with van der Waals surface area (Å²) >= 11 is 15.3. The van der Waals surface area contributed by atoms with Crippen molar-refractivity contribution in [1.29, 1.82) is 0 Å². The van der Waals surface area contributed by atoms with Crippen LogP contribution in [0.5, 0.6) is 0 Å². The Morgan fingerprint density at radius 2 is 0.975 bits per heavy atom. The second kappa shape index (κ2) is 19.3. The van der Waals surface area contributed by atoms with E-state index in [2.05, 4.69) is 70.7 Å². The first kappa shape index (κ1) is 36.2. The fraction of sp³-hybridized carbons (Fsp3) is 0.385. The topological polar surface area (TPSA) is 26.2 Å². The summed E-state index contributed by atoms with van der Waals surface area (Å²) in [5.74, 6) is 1.95. The van der Waals surface area contributed by atoms with Crippen LogP contribution in [0.15, 0.2) is 74.5 Å². The number of fused-ring (bicyclic) bond motifs is 2. The molecule has 218 valence electrons. The molecule has 7 heterocycles. The van der Waals surface area contributed by atoms with E-state index in [0.717, 1.165) is 51.0 Å². The van der Waals surface area contributed by atoms with Crippen LogP contribution in [-0.2, 0) is 22.6 Å². The third-order valence-electron chi connectivity index (χ3n) is 5.64. The molecular weight excluding hydrogens is 883 g/mol. The van der Waals surface area contributed by atoms with Gasteiger partial charge in [0, 0.05) is 35.8 Å². The number of pyridine rings is 2. The van der Waals surface area contributed by atoms with Gasteiger partial charge in [-0.05, 0) is 23.6 Å². The van der Waals surface area contributed by atoms with Gasteiger partial charge in [0.05, 0.1) is 38.6 Å². The van der Waals surface area contributed by atoms with Gasteiger partial charge in [-0.1, -0.05) is 47.0 Å². The van der Waals surface area contributed by atoms with Crippen LogP contribution in [0.4, 0.5) is 0 Å². The Morgan fingerprint density at radius 3 is 1.35 bits per heavy atom. The van der Waals surface area contributed by atoms with Crippen LogP contribution in [0.25, 0.3) is 11.1 Å². The molecule has 2 aromatic heterocycles. The van der Waals surface area contributed by atoms with Gasteiger partial charge in [-0.15, -0.1) is 47.0 Å². The molecule has 7 rings (SSSR count). The van der Waals surface area contributed by atoms with Crippen molar-refractivity contribution in [2.75, 3.05) is 50.4 Å². The van der Waals surface area contributed by atoms with Crippen LogP contribution < -0.4 is 57.1 Å². The molecule has 0 saturated carbocycles. The van der Waals surface area contributed by atoms with E-state index >= 15 is 0 Å². The highest BCUT2D eigenvalue weighted by molar-refractivity contribution is 8.45. The summed E-state index contributed by atoms with van der Waals surface area (Å²) in [7, 11) is 0. The Labute approximate surface area is 306 Å². The van der Waals surface area contributed by atoms with Crippen molar-refractivity contribution in [3.8, 4) is 11.1 Å². The normalized spacial score (nSPS) is 20.9. The molecule has 4 nitrogen and oxygen atoms in total. The van der Waals surface area contributed by atoms with Crippen LogP contribution in [-0.4, -0.2) is 50.4 Å². The molecule has 8 bridgehead atoms. The second-order valence-corrected chi connectivity index (χ2v) is 17.6. The predicted octanol–water partition coefficient (Wildman–Crippen LogP) is 1.52. The van der Waals surface area contributed by atoms with E-state index in [0.29, 0.717) is 0 Å². The van der Waals surface area contributed by atoms with E-state index in [-0.39, 0.29) is 48.0 Å². The van der Waals surface area contributed by atoms with Gasteiger partial charge >= 0.3 is 0 Å². The molecule has 0 amide bonds. The number of hydrogen-bond donors (Lipinski definition) is 0. The van der Waals surface area contributed by atoms with Crippen molar-refractivity contribution in [2.45, 2.75) is 13.1 Å². The highest BCUT2D eigenvalue weighted by Gasteiger charge is 2.30. The van der Waals surface area contributed by atoms with E-state index in [9.17, 15) is 0 Å². The fourth-order valence-electron chi connectivity index (χ4n) is 3.67. The highest BCUT2D eigenvalue weighted by atomic mass is 127. The Hall–Kier alpha value is 1.70. The van der Waals surface area contributed by atoms with Crippen LogP contribution in [0, 0.1) is 0 Å². The van der Waals surface area contributed by atoms with Gasteiger partial charge in [-0.25, -0.2) is 9.13 Å². The lowest BCUT2D eigenvalue weighted by Gasteiger charge is -2.06. The van der Waals surface area contributed by atoms with Gasteiger partial charge in [0.1, 0.15) is 13.2 Å². The van der Waals surface area contributed by atoms with Crippen molar-refractivity contribution in [3.05, 3.63) is 74.5 Å². The summed E-state index contributed by atoms with van der Waals surface area (Å²) in [4.78, 5) is 0. The minimum Gasteiger partial charge on any atom is -1.00 e. The van der Waals surface area contributed by atoms with Crippen molar-refractivity contribution in [2.24, 2.45) is 0 Å². The molecule has 0 spiro atoms. The quantitative estimate of drug-likeness (QED) is 0.327. The lowest BCUT2D eigenvalue weighted by Crippen LogP contribution is -3.00. The molecule has 14 heteroatoms. The van der Waals surface area contributed by atoms with E-state index < -0.39 is 0 Å². The van der Waals surface area contributed by atoms with Crippen LogP contribution in [0.3, 0.4) is 0 Å². The summed E-state index contributed by atoms with van der Waals surface area (Å²) in [5.41, 5.74) is 2.45. The number of hydrogen-bond acceptors (Lipinski definition) is 10.